The van der Waals surface area contributed by atoms with E-state index in [4.69, 9.17) is 18.9 Å². The molecule has 0 saturated carbocycles. The zero-order valence-electron chi connectivity index (χ0n) is 34.0. The minimum Gasteiger partial charge on any atom is -0.454 e. The Kier molecular flexibility index (Phi) is 22.4. The molecule has 53 heavy (non-hydrogen) atoms. The number of ether oxygens (including phenoxy) is 4. The van der Waals surface area contributed by atoms with Gasteiger partial charge in [-0.05, 0) is 49.4 Å². The zero-order chi connectivity index (χ0) is 41.2. The number of aldehydes is 1. The van der Waals surface area contributed by atoms with E-state index in [1.165, 1.54) is 45.1 Å². The van der Waals surface area contributed by atoms with Gasteiger partial charge in [-0.2, -0.15) is 0 Å². The van der Waals surface area contributed by atoms with E-state index in [1.807, 2.05) is 55.4 Å². The van der Waals surface area contributed by atoms with Crippen molar-refractivity contribution in [1.82, 2.24) is 19.6 Å². The minimum absolute atomic E-state index is 0.0231. The van der Waals surface area contributed by atoms with E-state index in [0.717, 1.165) is 9.80 Å². The first kappa shape index (κ1) is 48.9. The summed E-state index contributed by atoms with van der Waals surface area (Å²) >= 11 is 0. The lowest BCUT2D eigenvalue weighted by molar-refractivity contribution is -0.165. The molecule has 4 amide bonds. The Bertz CT molecular complexity index is 1240. The summed E-state index contributed by atoms with van der Waals surface area (Å²) in [5.74, 6) is -4.92. The lowest BCUT2D eigenvalue weighted by Crippen LogP contribution is -2.49. The molecule has 0 aliphatic carbocycles. The van der Waals surface area contributed by atoms with E-state index in [1.54, 1.807) is 0 Å². The van der Waals surface area contributed by atoms with Crippen molar-refractivity contribution in [1.29, 1.82) is 0 Å². The molecule has 16 heteroatoms. The maximum Gasteiger partial charge on any atom is 0.329 e. The fraction of sp³-hybridized carbons (Fsp3) is 0.784. The van der Waals surface area contributed by atoms with Crippen molar-refractivity contribution < 1.29 is 57.3 Å². The Balaban J connectivity index is 5.65. The first-order chi connectivity index (χ1) is 24.6. The van der Waals surface area contributed by atoms with Gasteiger partial charge >= 0.3 is 17.9 Å². The first-order valence-electron chi connectivity index (χ1n) is 18.1. The van der Waals surface area contributed by atoms with E-state index < -0.39 is 85.5 Å². The van der Waals surface area contributed by atoms with Crippen molar-refractivity contribution in [3.05, 3.63) is 0 Å². The number of carbonyl (C=O) groups excluding carboxylic acids is 8. The van der Waals surface area contributed by atoms with Gasteiger partial charge in [-0.3, -0.25) is 19.2 Å². The Morgan fingerprint density at radius 3 is 0.962 bits per heavy atom. The number of rotatable bonds is 24. The number of hydrogen-bond acceptors (Lipinski definition) is 12. The monoisotopic (exact) mass is 756 g/mol. The fourth-order valence-corrected chi connectivity index (χ4v) is 5.29. The second kappa shape index (κ2) is 24.3. The molecule has 4 unspecified atom stereocenters. The molecule has 0 aromatic rings. The lowest BCUT2D eigenvalue weighted by atomic mass is 10.0. The quantitative estimate of drug-likeness (QED) is 0.0793. The van der Waals surface area contributed by atoms with Crippen LogP contribution in [-0.4, -0.2) is 153 Å². The number of nitrogens with zero attached hydrogens (tertiary/aromatic N) is 4. The third-order valence-corrected chi connectivity index (χ3v) is 8.53. The Morgan fingerprint density at radius 1 is 0.453 bits per heavy atom. The van der Waals surface area contributed by atoms with Gasteiger partial charge < -0.3 is 43.3 Å². The van der Waals surface area contributed by atoms with Crippen molar-refractivity contribution >= 4 is 47.8 Å². The van der Waals surface area contributed by atoms with Crippen LogP contribution in [0.2, 0.25) is 0 Å². The van der Waals surface area contributed by atoms with Gasteiger partial charge in [-0.1, -0.05) is 55.4 Å². The highest BCUT2D eigenvalue weighted by molar-refractivity contribution is 5.90. The van der Waals surface area contributed by atoms with Crippen LogP contribution in [-0.2, 0) is 57.3 Å². The van der Waals surface area contributed by atoms with Crippen LogP contribution in [0.4, 0.5) is 0 Å². The number of esters is 3. The Labute approximate surface area is 315 Å². The summed E-state index contributed by atoms with van der Waals surface area (Å²) in [6.07, 6.45) is 1.74. The van der Waals surface area contributed by atoms with Crippen LogP contribution in [0, 0.1) is 23.7 Å². The standard InChI is InChI=1S/C37H64N4O12/c1-23(2)14-27(18-42)38(9)32(44)20-51-36(48)29(16-25(5)6)40(11)34(46)22-53-37(49)30(17-26(7)8)41(12)33(45)21-52-35(47)28(15-24(3)4)39(10)31(43)19-50-13/h18,23-30H,14-17,19-22H2,1-13H3. The highest BCUT2D eigenvalue weighted by atomic mass is 16.6. The van der Waals surface area contributed by atoms with Gasteiger partial charge in [0.15, 0.2) is 19.8 Å². The van der Waals surface area contributed by atoms with E-state index >= 15 is 0 Å². The van der Waals surface area contributed by atoms with Gasteiger partial charge in [0, 0.05) is 35.3 Å². The predicted molar refractivity (Wildman–Crippen MR) is 195 cm³/mol. The third kappa shape index (κ3) is 17.5. The molecule has 0 fully saturated rings. The summed E-state index contributed by atoms with van der Waals surface area (Å²) in [4.78, 5) is 107. The molecule has 0 aliphatic heterocycles. The molecule has 0 radical (unpaired) electrons. The van der Waals surface area contributed by atoms with Crippen molar-refractivity contribution in [2.75, 3.05) is 61.7 Å². The van der Waals surface area contributed by atoms with Crippen molar-refractivity contribution in [3.8, 4) is 0 Å². The van der Waals surface area contributed by atoms with Crippen molar-refractivity contribution in [2.24, 2.45) is 23.7 Å². The molecule has 0 aromatic heterocycles. The second-order valence-electron chi connectivity index (χ2n) is 15.0. The summed E-state index contributed by atoms with van der Waals surface area (Å²) in [7, 11) is 6.97. The van der Waals surface area contributed by atoms with Gasteiger partial charge in [-0.15, -0.1) is 0 Å². The number of carbonyl (C=O) groups is 8. The molecule has 4 atom stereocenters. The molecule has 0 saturated heterocycles. The van der Waals surface area contributed by atoms with Crippen LogP contribution in [0.3, 0.4) is 0 Å². The van der Waals surface area contributed by atoms with Gasteiger partial charge in [0.25, 0.3) is 17.7 Å². The fourth-order valence-electron chi connectivity index (χ4n) is 5.29. The molecular weight excluding hydrogens is 692 g/mol. The van der Waals surface area contributed by atoms with Crippen LogP contribution in [0.15, 0.2) is 0 Å². The van der Waals surface area contributed by atoms with Crippen LogP contribution >= 0.6 is 0 Å². The summed E-state index contributed by atoms with van der Waals surface area (Å²) in [6.45, 7) is 12.6. The van der Waals surface area contributed by atoms with Gasteiger partial charge in [0.2, 0.25) is 5.91 Å². The zero-order valence-corrected chi connectivity index (χ0v) is 34.0. The first-order valence-corrected chi connectivity index (χ1v) is 18.1. The molecular formula is C37H64N4O12. The van der Waals surface area contributed by atoms with E-state index in [9.17, 15) is 38.4 Å². The van der Waals surface area contributed by atoms with Crippen molar-refractivity contribution in [2.45, 2.75) is 105 Å². The molecule has 16 nitrogen and oxygen atoms in total. The minimum atomic E-state index is -1.14. The summed E-state index contributed by atoms with van der Waals surface area (Å²) in [6, 6.07) is -3.88. The number of likely N-dealkylation sites (N-methyl/N-ethyl adjacent to an activating group) is 4. The Hall–Kier alpha value is -4.08. The lowest BCUT2D eigenvalue weighted by Gasteiger charge is -2.30. The summed E-state index contributed by atoms with van der Waals surface area (Å²) in [5, 5.41) is 0. The SMILES string of the molecule is COCC(=O)N(C)C(CC(C)C)C(=O)OCC(=O)N(C)C(CC(C)C)C(=O)OCC(=O)N(C)C(CC(C)C)C(=O)OCC(=O)N(C)C(C=O)CC(C)C. The highest BCUT2D eigenvalue weighted by Crippen LogP contribution is 2.17. The van der Waals surface area contributed by atoms with Crippen LogP contribution in [0.5, 0.6) is 0 Å². The van der Waals surface area contributed by atoms with Crippen LogP contribution in [0.1, 0.15) is 81.1 Å². The second-order valence-corrected chi connectivity index (χ2v) is 15.0. The molecule has 0 heterocycles. The van der Waals surface area contributed by atoms with E-state index in [-0.39, 0.29) is 49.5 Å². The van der Waals surface area contributed by atoms with E-state index in [2.05, 4.69) is 0 Å². The van der Waals surface area contributed by atoms with Gasteiger partial charge in [0.1, 0.15) is 31.0 Å². The van der Waals surface area contributed by atoms with Crippen LogP contribution in [0.25, 0.3) is 0 Å². The molecule has 0 rings (SSSR count). The van der Waals surface area contributed by atoms with Crippen LogP contribution < -0.4 is 0 Å². The molecule has 0 bridgehead atoms. The largest absolute Gasteiger partial charge is 0.454 e. The molecule has 0 aromatic carbocycles. The maximum absolute atomic E-state index is 13.3. The molecule has 0 N–H and O–H groups in total. The Morgan fingerprint density at radius 2 is 0.717 bits per heavy atom. The molecule has 0 aliphatic rings. The number of hydrogen-bond donors (Lipinski definition) is 0. The topological polar surface area (TPSA) is 186 Å². The van der Waals surface area contributed by atoms with E-state index in [0.29, 0.717) is 12.7 Å². The number of amides is 4. The van der Waals surface area contributed by atoms with Gasteiger partial charge in [-0.25, -0.2) is 14.4 Å². The summed E-state index contributed by atoms with van der Waals surface area (Å²) < 4.78 is 20.8. The maximum atomic E-state index is 13.3. The summed E-state index contributed by atoms with van der Waals surface area (Å²) in [5.41, 5.74) is 0. The third-order valence-electron chi connectivity index (χ3n) is 8.53. The average molecular weight is 757 g/mol. The van der Waals surface area contributed by atoms with Gasteiger partial charge in [0.05, 0.1) is 6.04 Å². The molecule has 0 spiro atoms. The predicted octanol–water partition coefficient (Wildman–Crippen LogP) is 1.95. The van der Waals surface area contributed by atoms with Crippen molar-refractivity contribution in [3.63, 3.8) is 0 Å². The normalized spacial score (nSPS) is 13.5. The average Bonchev–Trinajstić information content (AvgIpc) is 3.08. The molecule has 304 valence electrons. The smallest absolute Gasteiger partial charge is 0.329 e. The number of methoxy groups -OCH3 is 1. The highest BCUT2D eigenvalue weighted by Gasteiger charge is 2.35.